The fourth-order valence-electron chi connectivity index (χ4n) is 6.79. The Labute approximate surface area is 235 Å². The Morgan fingerprint density at radius 3 is 2.51 bits per heavy atom. The summed E-state index contributed by atoms with van der Waals surface area (Å²) in [5.41, 5.74) is 3.22. The number of hydrogen-bond acceptors (Lipinski definition) is 6. The summed E-state index contributed by atoms with van der Waals surface area (Å²) in [6, 6.07) is 14.7. The highest BCUT2D eigenvalue weighted by Gasteiger charge is 2.54. The Morgan fingerprint density at radius 1 is 1.05 bits per heavy atom. The zero-order chi connectivity index (χ0) is 27.3. The lowest BCUT2D eigenvalue weighted by Gasteiger charge is -2.28. The predicted molar refractivity (Wildman–Crippen MR) is 147 cm³/mol. The highest BCUT2D eigenvalue weighted by molar-refractivity contribution is 9.10. The third-order valence-corrected chi connectivity index (χ3v) is 9.18. The van der Waals surface area contributed by atoms with Crippen LogP contribution < -0.4 is 5.32 Å². The monoisotopic (exact) mass is 588 g/mol. The Hall–Kier alpha value is -3.36. The molecule has 0 saturated heterocycles. The Kier molecular flexibility index (Phi) is 6.63. The van der Waals surface area contributed by atoms with Crippen molar-refractivity contribution in [1.82, 2.24) is 10.3 Å². The molecule has 3 aromatic rings. The molecule has 8 heteroatoms. The smallest absolute Gasteiger partial charge is 0.310 e. The summed E-state index contributed by atoms with van der Waals surface area (Å²) >= 11 is 3.46. The second-order valence-corrected chi connectivity index (χ2v) is 11.9. The lowest BCUT2D eigenvalue weighted by atomic mass is 9.78. The highest BCUT2D eigenvalue weighted by Crippen LogP contribution is 2.53. The number of amides is 1. The number of hydrogen-bond donors (Lipinski definition) is 2. The van der Waals surface area contributed by atoms with Crippen molar-refractivity contribution in [1.29, 1.82) is 0 Å². The van der Waals surface area contributed by atoms with Crippen LogP contribution in [0.15, 0.2) is 65.4 Å². The van der Waals surface area contributed by atoms with Crippen LogP contribution >= 0.6 is 15.9 Å². The molecule has 0 radical (unpaired) electrons. The molecule has 200 valence electrons. The molecule has 3 aliphatic rings. The van der Waals surface area contributed by atoms with Crippen LogP contribution in [-0.4, -0.2) is 34.4 Å². The van der Waals surface area contributed by atoms with Crippen molar-refractivity contribution >= 4 is 33.6 Å². The van der Waals surface area contributed by atoms with Crippen LogP contribution in [-0.2, 0) is 26.5 Å². The molecule has 2 N–H and O–H groups in total. The van der Waals surface area contributed by atoms with E-state index in [4.69, 9.17) is 4.74 Å². The number of ketones is 1. The Morgan fingerprint density at radius 2 is 1.77 bits per heavy atom. The minimum absolute atomic E-state index is 0.0969. The van der Waals surface area contributed by atoms with E-state index in [0.717, 1.165) is 46.0 Å². The molecule has 3 unspecified atom stereocenters. The molecule has 2 saturated carbocycles. The summed E-state index contributed by atoms with van der Waals surface area (Å²) in [7, 11) is 0. The zero-order valence-corrected chi connectivity index (χ0v) is 23.1. The van der Waals surface area contributed by atoms with Gasteiger partial charge in [0.05, 0.1) is 11.8 Å². The van der Waals surface area contributed by atoms with Gasteiger partial charge in [0.25, 0.3) is 0 Å². The molecular weight excluding hydrogens is 560 g/mol. The maximum Gasteiger partial charge on any atom is 0.310 e. The molecule has 1 amide bonds. The summed E-state index contributed by atoms with van der Waals surface area (Å²) in [6.45, 7) is 1.66. The van der Waals surface area contributed by atoms with Gasteiger partial charge in [-0.05, 0) is 90.1 Å². The fraction of sp³-hybridized carbons (Fsp3) is 0.355. The number of nitrogens with one attached hydrogen (secondary N) is 1. The van der Waals surface area contributed by atoms with Crippen molar-refractivity contribution in [2.75, 3.05) is 6.61 Å². The maximum absolute atomic E-state index is 13.2. The van der Waals surface area contributed by atoms with Crippen LogP contribution in [0.25, 0.3) is 11.1 Å². The summed E-state index contributed by atoms with van der Waals surface area (Å²) in [4.78, 5) is 43.5. The second kappa shape index (κ2) is 9.99. The number of nitrogens with zero attached hydrogens (tertiary/aromatic N) is 1. The molecule has 39 heavy (non-hydrogen) atoms. The van der Waals surface area contributed by atoms with Crippen molar-refractivity contribution < 1.29 is 24.2 Å². The quantitative estimate of drug-likeness (QED) is 0.304. The first-order valence-corrected chi connectivity index (χ1v) is 14.1. The van der Waals surface area contributed by atoms with Gasteiger partial charge in [-0.15, -0.1) is 0 Å². The average molecular weight is 589 g/mol. The molecule has 3 aliphatic carbocycles. The van der Waals surface area contributed by atoms with E-state index in [-0.39, 0.29) is 23.5 Å². The number of ether oxygens (including phenoxy) is 1. The highest BCUT2D eigenvalue weighted by atomic mass is 79.9. The van der Waals surface area contributed by atoms with Crippen molar-refractivity contribution in [2.45, 2.75) is 38.3 Å². The van der Waals surface area contributed by atoms with E-state index >= 15 is 0 Å². The van der Waals surface area contributed by atoms with Crippen LogP contribution in [0.2, 0.25) is 0 Å². The average Bonchev–Trinajstić information content (AvgIpc) is 3.62. The minimum atomic E-state index is -1.25. The number of benzene rings is 2. The minimum Gasteiger partial charge on any atom is -0.457 e. The van der Waals surface area contributed by atoms with E-state index in [9.17, 15) is 19.5 Å². The largest absolute Gasteiger partial charge is 0.457 e. The summed E-state index contributed by atoms with van der Waals surface area (Å²) in [6.07, 6.45) is 6.02. The third kappa shape index (κ3) is 4.59. The zero-order valence-electron chi connectivity index (χ0n) is 21.5. The van der Waals surface area contributed by atoms with E-state index in [1.54, 1.807) is 31.5 Å². The number of rotatable bonds is 7. The Balaban J connectivity index is 1.13. The molecule has 0 aliphatic heterocycles. The van der Waals surface area contributed by atoms with Crippen LogP contribution in [0.3, 0.4) is 0 Å². The van der Waals surface area contributed by atoms with Crippen LogP contribution in [0.5, 0.6) is 0 Å². The summed E-state index contributed by atoms with van der Waals surface area (Å²) < 4.78 is 6.40. The number of aromatic nitrogens is 1. The number of aliphatic hydroxyl groups is 1. The molecule has 1 aromatic heterocycles. The lowest BCUT2D eigenvalue weighted by molar-refractivity contribution is -0.154. The van der Waals surface area contributed by atoms with E-state index in [1.165, 1.54) is 0 Å². The third-order valence-electron chi connectivity index (χ3n) is 8.69. The van der Waals surface area contributed by atoms with Gasteiger partial charge in [-0.1, -0.05) is 40.2 Å². The van der Waals surface area contributed by atoms with Crippen LogP contribution in [0.4, 0.5) is 0 Å². The number of Topliss-reactive ketones (excluding diaryl/α,β-unsaturated/α-hetero) is 1. The van der Waals surface area contributed by atoms with E-state index in [0.29, 0.717) is 17.7 Å². The molecule has 7 nitrogen and oxygen atoms in total. The van der Waals surface area contributed by atoms with Crippen molar-refractivity contribution in [3.8, 4) is 11.1 Å². The van der Waals surface area contributed by atoms with Gasteiger partial charge in [-0.2, -0.15) is 0 Å². The molecule has 2 bridgehead atoms. The first-order chi connectivity index (χ1) is 18.7. The van der Waals surface area contributed by atoms with Gasteiger partial charge in [0, 0.05) is 29.0 Å². The van der Waals surface area contributed by atoms with E-state index in [2.05, 4.69) is 26.2 Å². The SMILES string of the molecule is CC1(O)c2cc(Br)ccc2-c2ccc(C(=O)COC(=O)[C@H]3C4CCC(C4)[C@@H]3C(=O)NCc3cccnc3)cc21. The number of carbonyl (C=O) groups is 3. The lowest BCUT2D eigenvalue weighted by Crippen LogP contribution is -2.42. The molecule has 5 atom stereocenters. The van der Waals surface area contributed by atoms with E-state index < -0.39 is 30.0 Å². The number of carbonyl (C=O) groups excluding carboxylic acids is 3. The van der Waals surface area contributed by atoms with Gasteiger partial charge in [0.1, 0.15) is 5.60 Å². The number of halogens is 1. The topological polar surface area (TPSA) is 106 Å². The van der Waals surface area contributed by atoms with Crippen molar-refractivity contribution in [3.05, 3.63) is 87.7 Å². The normalized spacial score (nSPS) is 26.1. The molecule has 1 heterocycles. The molecular formula is C31H29BrN2O5. The second-order valence-electron chi connectivity index (χ2n) is 11.0. The molecule has 0 spiro atoms. The maximum atomic E-state index is 13.2. The van der Waals surface area contributed by atoms with Gasteiger partial charge in [-0.3, -0.25) is 19.4 Å². The first kappa shape index (κ1) is 25.9. The number of fused-ring (bicyclic) bond motifs is 5. The first-order valence-electron chi connectivity index (χ1n) is 13.3. The predicted octanol–water partition coefficient (Wildman–Crippen LogP) is 4.78. The summed E-state index contributed by atoms with van der Waals surface area (Å²) in [5, 5.41) is 14.3. The van der Waals surface area contributed by atoms with Crippen molar-refractivity contribution in [2.24, 2.45) is 23.7 Å². The number of pyridine rings is 1. The molecule has 2 aromatic carbocycles. The molecule has 2 fully saturated rings. The summed E-state index contributed by atoms with van der Waals surface area (Å²) in [5.74, 6) is -1.72. The number of esters is 1. The van der Waals surface area contributed by atoms with Gasteiger partial charge < -0.3 is 15.2 Å². The van der Waals surface area contributed by atoms with Crippen LogP contribution in [0.1, 0.15) is 53.2 Å². The van der Waals surface area contributed by atoms with E-state index in [1.807, 2.05) is 36.4 Å². The molecule has 6 rings (SSSR count). The van der Waals surface area contributed by atoms with Crippen LogP contribution in [0, 0.1) is 23.7 Å². The van der Waals surface area contributed by atoms with Gasteiger partial charge in [-0.25, -0.2) is 0 Å². The van der Waals surface area contributed by atoms with Gasteiger partial charge in [0.15, 0.2) is 12.4 Å². The van der Waals surface area contributed by atoms with Gasteiger partial charge >= 0.3 is 5.97 Å². The Bertz CT molecular complexity index is 1470. The standard InChI is InChI=1S/C31H29BrN2O5/c1-31(38)24-12-18(6-8-22(24)23-9-7-21(32)13-25(23)31)26(35)16-39-30(37)28-20-5-4-19(11-20)27(28)29(36)34-15-17-3-2-10-33-14-17/h2-3,6-10,12-14,19-20,27-28,38H,4-5,11,15-16H2,1H3,(H,34,36)/t19?,20?,27-,28-,31?/m0/s1. The van der Waals surface area contributed by atoms with Gasteiger partial charge in [0.2, 0.25) is 5.91 Å². The van der Waals surface area contributed by atoms with Crippen molar-refractivity contribution in [3.63, 3.8) is 0 Å². The fourth-order valence-corrected chi connectivity index (χ4v) is 7.15.